The van der Waals surface area contributed by atoms with Gasteiger partial charge in [-0.25, -0.2) is 0 Å². The molecule has 4 nitrogen and oxygen atoms in total. The van der Waals surface area contributed by atoms with E-state index in [9.17, 15) is 10.1 Å². The molecule has 0 aliphatic carbocycles. The quantitative estimate of drug-likeness (QED) is 0.645. The van der Waals surface area contributed by atoms with Crippen LogP contribution in [0.3, 0.4) is 0 Å². The van der Waals surface area contributed by atoms with Gasteiger partial charge >= 0.3 is 0 Å². The van der Waals surface area contributed by atoms with E-state index < -0.39 is 4.92 Å². The molecule has 0 bridgehead atoms. The summed E-state index contributed by atoms with van der Waals surface area (Å²) in [4.78, 5) is 13.3. The lowest BCUT2D eigenvalue weighted by Crippen LogP contribution is -1.90. The summed E-state index contributed by atoms with van der Waals surface area (Å²) in [7, 11) is 0. The van der Waals surface area contributed by atoms with Crippen LogP contribution in [0.5, 0.6) is 0 Å². The molecular weight excluding hydrogens is 316 g/mol. The Labute approximate surface area is 95.7 Å². The van der Waals surface area contributed by atoms with Crippen molar-refractivity contribution in [3.05, 3.63) is 37.4 Å². The predicted octanol–water partition coefficient (Wildman–Crippen LogP) is 3.60. The fraction of sp³-hybridized carbons (Fsp3) is 0. The van der Waals surface area contributed by atoms with Gasteiger partial charge in [-0.15, -0.1) is 0 Å². The molecule has 2 aromatic rings. The van der Waals surface area contributed by atoms with Crippen molar-refractivity contribution >= 4 is 48.5 Å². The minimum absolute atomic E-state index is 0.0875. The molecule has 0 atom stereocenters. The van der Waals surface area contributed by atoms with Crippen molar-refractivity contribution in [2.24, 2.45) is 0 Å². The largest absolute Gasteiger partial charge is 0.360 e. The normalized spacial score (nSPS) is 10.7. The monoisotopic (exact) mass is 318 g/mol. The van der Waals surface area contributed by atoms with Gasteiger partial charge in [-0.2, -0.15) is 0 Å². The van der Waals surface area contributed by atoms with Gasteiger partial charge in [0.05, 0.1) is 20.3 Å². The highest BCUT2D eigenvalue weighted by atomic mass is 79.9. The maximum Gasteiger partial charge on any atom is 0.292 e. The van der Waals surface area contributed by atoms with E-state index >= 15 is 0 Å². The number of nitro benzene ring substituents is 1. The third-order valence-corrected chi connectivity index (χ3v) is 3.13. The maximum atomic E-state index is 10.8. The summed E-state index contributed by atoms with van der Waals surface area (Å²) in [5.74, 6) is 0. The molecule has 0 spiro atoms. The van der Waals surface area contributed by atoms with Gasteiger partial charge in [-0.3, -0.25) is 10.1 Å². The molecule has 1 heterocycles. The highest BCUT2D eigenvalue weighted by molar-refractivity contribution is 9.11. The lowest BCUT2D eigenvalue weighted by molar-refractivity contribution is -0.383. The number of aromatic amines is 1. The molecule has 14 heavy (non-hydrogen) atoms. The van der Waals surface area contributed by atoms with Crippen molar-refractivity contribution in [2.75, 3.05) is 0 Å². The second-order valence-electron chi connectivity index (χ2n) is 2.71. The lowest BCUT2D eigenvalue weighted by Gasteiger charge is -1.99. The van der Waals surface area contributed by atoms with Crippen LogP contribution < -0.4 is 0 Å². The summed E-state index contributed by atoms with van der Waals surface area (Å²) in [6, 6.07) is 3.35. The number of hydrogen-bond acceptors (Lipinski definition) is 2. The molecule has 0 saturated heterocycles. The fourth-order valence-electron chi connectivity index (χ4n) is 1.33. The van der Waals surface area contributed by atoms with Crippen molar-refractivity contribution in [2.45, 2.75) is 0 Å². The Balaban J connectivity index is 2.93. The van der Waals surface area contributed by atoms with Gasteiger partial charge in [-0.05, 0) is 44.0 Å². The molecule has 0 aliphatic heterocycles. The predicted molar refractivity (Wildman–Crippen MR) is 60.4 cm³/mol. The summed E-state index contributed by atoms with van der Waals surface area (Å²) >= 11 is 6.49. The van der Waals surface area contributed by atoms with Crippen LogP contribution in [-0.2, 0) is 0 Å². The number of fused-ring (bicyclic) bond motifs is 1. The first-order chi connectivity index (χ1) is 6.61. The molecule has 0 radical (unpaired) electrons. The average molecular weight is 320 g/mol. The Hall–Kier alpha value is -0.880. The van der Waals surface area contributed by atoms with Gasteiger partial charge in [0.2, 0.25) is 0 Å². The highest BCUT2D eigenvalue weighted by Crippen LogP contribution is 2.37. The van der Waals surface area contributed by atoms with E-state index in [-0.39, 0.29) is 5.69 Å². The number of nitro groups is 1. The summed E-state index contributed by atoms with van der Waals surface area (Å²) in [5, 5.41) is 11.4. The first-order valence-electron chi connectivity index (χ1n) is 3.70. The molecule has 1 aromatic heterocycles. The van der Waals surface area contributed by atoms with Crippen LogP contribution in [0.25, 0.3) is 10.9 Å². The van der Waals surface area contributed by atoms with Gasteiger partial charge in [0.1, 0.15) is 0 Å². The number of rotatable bonds is 1. The lowest BCUT2D eigenvalue weighted by atomic mass is 10.2. The molecule has 1 aromatic carbocycles. The molecule has 1 N–H and O–H groups in total. The Morgan fingerprint density at radius 2 is 2.07 bits per heavy atom. The van der Waals surface area contributed by atoms with E-state index in [1.807, 2.05) is 0 Å². The third-order valence-electron chi connectivity index (χ3n) is 1.90. The molecule has 6 heteroatoms. The zero-order chi connectivity index (χ0) is 10.3. The third kappa shape index (κ3) is 1.34. The number of nitrogens with one attached hydrogen (secondary N) is 1. The molecule has 0 aliphatic rings. The van der Waals surface area contributed by atoms with Crippen molar-refractivity contribution in [3.8, 4) is 0 Å². The van der Waals surface area contributed by atoms with Crippen LogP contribution in [-0.4, -0.2) is 9.91 Å². The van der Waals surface area contributed by atoms with E-state index in [1.54, 1.807) is 18.3 Å². The number of hydrogen-bond donors (Lipinski definition) is 1. The van der Waals surface area contributed by atoms with E-state index in [2.05, 4.69) is 36.8 Å². The van der Waals surface area contributed by atoms with Gasteiger partial charge in [0.25, 0.3) is 5.69 Å². The van der Waals surface area contributed by atoms with Crippen molar-refractivity contribution in [1.29, 1.82) is 0 Å². The zero-order valence-corrected chi connectivity index (χ0v) is 9.92. The van der Waals surface area contributed by atoms with Crippen LogP contribution in [0, 0.1) is 10.1 Å². The Kier molecular flexibility index (Phi) is 2.32. The van der Waals surface area contributed by atoms with Crippen LogP contribution in [0.15, 0.2) is 27.3 Å². The minimum Gasteiger partial charge on any atom is -0.360 e. The first kappa shape index (κ1) is 9.67. The van der Waals surface area contributed by atoms with Gasteiger partial charge in [0.15, 0.2) is 0 Å². The van der Waals surface area contributed by atoms with E-state index in [4.69, 9.17) is 0 Å². The van der Waals surface area contributed by atoms with Crippen LogP contribution in [0.4, 0.5) is 5.69 Å². The van der Waals surface area contributed by atoms with Gasteiger partial charge < -0.3 is 4.98 Å². The zero-order valence-electron chi connectivity index (χ0n) is 6.75. The molecule has 72 valence electrons. The summed E-state index contributed by atoms with van der Waals surface area (Å²) in [5.41, 5.74) is 0.823. The number of H-pyrrole nitrogens is 1. The van der Waals surface area contributed by atoms with Crippen LogP contribution in [0.2, 0.25) is 0 Å². The Morgan fingerprint density at radius 3 is 2.71 bits per heavy atom. The molecule has 0 amide bonds. The molecule has 2 rings (SSSR count). The standard InChI is InChI=1S/C8H4Br2N2O2/c9-5-3-6(10)8(12(13)14)4-1-2-11-7(4)5/h1-3,11H. The molecule has 0 fully saturated rings. The number of benzene rings is 1. The number of halogens is 2. The highest BCUT2D eigenvalue weighted by Gasteiger charge is 2.19. The molecule has 0 unspecified atom stereocenters. The SMILES string of the molecule is O=[N+]([O-])c1c(Br)cc(Br)c2[nH]ccc12. The number of nitrogens with zero attached hydrogens (tertiary/aromatic N) is 1. The number of aromatic nitrogens is 1. The summed E-state index contributed by atoms with van der Waals surface area (Å²) in [6.45, 7) is 0. The van der Waals surface area contributed by atoms with Crippen LogP contribution in [0.1, 0.15) is 0 Å². The Morgan fingerprint density at radius 1 is 1.36 bits per heavy atom. The summed E-state index contributed by atoms with van der Waals surface area (Å²) in [6.07, 6.45) is 1.68. The van der Waals surface area contributed by atoms with Gasteiger partial charge in [-0.1, -0.05) is 0 Å². The summed E-state index contributed by atoms with van der Waals surface area (Å²) < 4.78 is 1.27. The first-order valence-corrected chi connectivity index (χ1v) is 5.29. The van der Waals surface area contributed by atoms with Crippen LogP contribution >= 0.6 is 31.9 Å². The smallest absolute Gasteiger partial charge is 0.292 e. The minimum atomic E-state index is -0.396. The van der Waals surface area contributed by atoms with Crippen molar-refractivity contribution < 1.29 is 4.92 Å². The second-order valence-corrected chi connectivity index (χ2v) is 4.42. The van der Waals surface area contributed by atoms with E-state index in [0.29, 0.717) is 9.86 Å². The molecular formula is C8H4Br2N2O2. The average Bonchev–Trinajstić information content (AvgIpc) is 2.51. The van der Waals surface area contributed by atoms with Crippen molar-refractivity contribution in [1.82, 2.24) is 4.98 Å². The maximum absolute atomic E-state index is 10.8. The van der Waals surface area contributed by atoms with E-state index in [1.165, 1.54) is 0 Å². The van der Waals surface area contributed by atoms with Crippen molar-refractivity contribution in [3.63, 3.8) is 0 Å². The van der Waals surface area contributed by atoms with Gasteiger partial charge in [0, 0.05) is 10.7 Å². The second kappa shape index (κ2) is 3.36. The van der Waals surface area contributed by atoms with E-state index in [0.717, 1.165) is 9.99 Å². The topological polar surface area (TPSA) is 58.9 Å². The molecule has 0 saturated carbocycles. The Bertz CT molecular complexity index is 521. The fourth-order valence-corrected chi connectivity index (χ4v) is 2.78.